The Bertz CT molecular complexity index is 859. The Hall–Kier alpha value is -3.42. The number of ether oxygens (including phenoxy) is 1. The Morgan fingerprint density at radius 1 is 1.00 bits per heavy atom. The molecule has 0 atom stereocenters. The highest BCUT2D eigenvalue weighted by atomic mass is 16.5. The zero-order valence-corrected chi connectivity index (χ0v) is 15.9. The predicted octanol–water partition coefficient (Wildman–Crippen LogP) is 2.86. The van der Waals surface area contributed by atoms with Gasteiger partial charge in [0.2, 0.25) is 5.88 Å². The van der Waals surface area contributed by atoms with Crippen molar-refractivity contribution in [3.05, 3.63) is 53.7 Å². The molecule has 0 bridgehead atoms. The molecule has 1 heterocycles. The molecule has 1 aromatic carbocycles. The van der Waals surface area contributed by atoms with Gasteiger partial charge in [0.15, 0.2) is 0 Å². The first-order valence-electron chi connectivity index (χ1n) is 9.55. The van der Waals surface area contributed by atoms with Gasteiger partial charge in [0, 0.05) is 30.1 Å². The molecule has 29 heavy (non-hydrogen) atoms. The summed E-state index contributed by atoms with van der Waals surface area (Å²) in [5, 5.41) is 13.9. The zero-order chi connectivity index (χ0) is 20.6. The highest BCUT2D eigenvalue weighted by molar-refractivity contribution is 6.04. The second-order valence-corrected chi connectivity index (χ2v) is 6.84. The molecule has 2 amide bonds. The van der Waals surface area contributed by atoms with Gasteiger partial charge in [-0.3, -0.25) is 14.4 Å². The second-order valence-electron chi connectivity index (χ2n) is 6.84. The van der Waals surface area contributed by atoms with E-state index >= 15 is 0 Å². The van der Waals surface area contributed by atoms with Crippen molar-refractivity contribution >= 4 is 23.5 Å². The number of aliphatic carboxylic acids is 1. The molecular formula is C21H23N3O5. The van der Waals surface area contributed by atoms with Crippen LogP contribution in [0, 0.1) is 0 Å². The van der Waals surface area contributed by atoms with E-state index in [1.54, 1.807) is 36.4 Å². The maximum atomic E-state index is 12.4. The van der Waals surface area contributed by atoms with Gasteiger partial charge in [-0.25, -0.2) is 4.98 Å². The number of nitrogens with one attached hydrogen (secondary N) is 2. The van der Waals surface area contributed by atoms with Crippen LogP contribution in [0.1, 0.15) is 52.8 Å². The number of carbonyl (C=O) groups excluding carboxylic acids is 2. The van der Waals surface area contributed by atoms with Crippen LogP contribution in [-0.2, 0) is 4.79 Å². The average Bonchev–Trinajstić information content (AvgIpc) is 3.22. The molecule has 0 saturated heterocycles. The fourth-order valence-corrected chi connectivity index (χ4v) is 3.05. The van der Waals surface area contributed by atoms with Crippen molar-refractivity contribution in [1.82, 2.24) is 10.3 Å². The number of hydrogen-bond donors (Lipinski definition) is 3. The summed E-state index contributed by atoms with van der Waals surface area (Å²) in [6, 6.07) is 9.68. The topological polar surface area (TPSA) is 118 Å². The SMILES string of the molecule is O=C(O)CCNC(=O)c1ccc(NC(=O)c2ccc(OC3CCCC3)nc2)cc1. The number of aromatic nitrogens is 1. The van der Waals surface area contributed by atoms with Crippen LogP contribution in [0.15, 0.2) is 42.6 Å². The lowest BCUT2D eigenvalue weighted by Crippen LogP contribution is -2.25. The van der Waals surface area contributed by atoms with Gasteiger partial charge in [0.05, 0.1) is 12.0 Å². The Balaban J connectivity index is 1.52. The number of pyridine rings is 1. The first kappa shape index (κ1) is 20.3. The molecule has 1 fully saturated rings. The van der Waals surface area contributed by atoms with Crippen molar-refractivity contribution in [2.75, 3.05) is 11.9 Å². The van der Waals surface area contributed by atoms with Gasteiger partial charge < -0.3 is 20.5 Å². The van der Waals surface area contributed by atoms with Crippen molar-refractivity contribution in [3.8, 4) is 5.88 Å². The molecule has 1 aliphatic carbocycles. The third-order valence-corrected chi connectivity index (χ3v) is 4.62. The lowest BCUT2D eigenvalue weighted by molar-refractivity contribution is -0.136. The van der Waals surface area contributed by atoms with E-state index in [4.69, 9.17) is 9.84 Å². The predicted molar refractivity (Wildman–Crippen MR) is 106 cm³/mol. The highest BCUT2D eigenvalue weighted by Gasteiger charge is 2.17. The summed E-state index contributed by atoms with van der Waals surface area (Å²) >= 11 is 0. The number of carboxylic acids is 1. The first-order valence-corrected chi connectivity index (χ1v) is 9.55. The van der Waals surface area contributed by atoms with Gasteiger partial charge in [-0.05, 0) is 56.0 Å². The van der Waals surface area contributed by atoms with E-state index in [9.17, 15) is 14.4 Å². The third-order valence-electron chi connectivity index (χ3n) is 4.62. The van der Waals surface area contributed by atoms with Crippen molar-refractivity contribution in [1.29, 1.82) is 0 Å². The lowest BCUT2D eigenvalue weighted by Gasteiger charge is -2.12. The summed E-state index contributed by atoms with van der Waals surface area (Å²) in [4.78, 5) is 39.0. The molecule has 3 rings (SSSR count). The monoisotopic (exact) mass is 397 g/mol. The summed E-state index contributed by atoms with van der Waals surface area (Å²) < 4.78 is 5.79. The van der Waals surface area contributed by atoms with Crippen LogP contribution in [0.3, 0.4) is 0 Å². The average molecular weight is 397 g/mol. The van der Waals surface area contributed by atoms with E-state index in [0.717, 1.165) is 12.8 Å². The number of benzene rings is 1. The molecule has 0 radical (unpaired) electrons. The van der Waals surface area contributed by atoms with Crippen LogP contribution >= 0.6 is 0 Å². The Morgan fingerprint density at radius 3 is 2.31 bits per heavy atom. The second kappa shape index (κ2) is 9.68. The number of anilines is 1. The number of rotatable bonds is 8. The molecular weight excluding hydrogens is 374 g/mol. The number of amides is 2. The maximum Gasteiger partial charge on any atom is 0.305 e. The van der Waals surface area contributed by atoms with E-state index in [1.165, 1.54) is 19.0 Å². The Kier molecular flexibility index (Phi) is 6.78. The van der Waals surface area contributed by atoms with E-state index < -0.39 is 5.97 Å². The summed E-state index contributed by atoms with van der Waals surface area (Å²) in [6.45, 7) is 0.0557. The normalized spacial score (nSPS) is 13.7. The van der Waals surface area contributed by atoms with Crippen LogP contribution < -0.4 is 15.4 Å². The minimum Gasteiger partial charge on any atom is -0.481 e. The summed E-state index contributed by atoms with van der Waals surface area (Å²) in [5.41, 5.74) is 1.31. The molecule has 0 spiro atoms. The quantitative estimate of drug-likeness (QED) is 0.630. The molecule has 1 aliphatic rings. The van der Waals surface area contributed by atoms with Gasteiger partial charge in [0.25, 0.3) is 11.8 Å². The van der Waals surface area contributed by atoms with Crippen molar-refractivity contribution < 1.29 is 24.2 Å². The maximum absolute atomic E-state index is 12.4. The van der Waals surface area contributed by atoms with E-state index in [0.29, 0.717) is 22.7 Å². The Morgan fingerprint density at radius 2 is 1.69 bits per heavy atom. The van der Waals surface area contributed by atoms with Gasteiger partial charge >= 0.3 is 5.97 Å². The fourth-order valence-electron chi connectivity index (χ4n) is 3.05. The number of carbonyl (C=O) groups is 3. The summed E-state index contributed by atoms with van der Waals surface area (Å²) in [6.07, 6.45) is 5.97. The van der Waals surface area contributed by atoms with Gasteiger partial charge in [-0.15, -0.1) is 0 Å². The third kappa shape index (κ3) is 6.03. The smallest absolute Gasteiger partial charge is 0.305 e. The van der Waals surface area contributed by atoms with Crippen LogP contribution in [0.5, 0.6) is 5.88 Å². The summed E-state index contributed by atoms with van der Waals surface area (Å²) in [5.74, 6) is -1.14. The van der Waals surface area contributed by atoms with Crippen molar-refractivity contribution in [2.45, 2.75) is 38.2 Å². The van der Waals surface area contributed by atoms with Crippen LogP contribution in [0.4, 0.5) is 5.69 Å². The van der Waals surface area contributed by atoms with E-state index in [1.807, 2.05) is 0 Å². The minimum absolute atomic E-state index is 0.0557. The zero-order valence-electron chi connectivity index (χ0n) is 15.9. The van der Waals surface area contributed by atoms with Crippen LogP contribution in [-0.4, -0.2) is 40.5 Å². The van der Waals surface area contributed by atoms with Crippen LogP contribution in [0.25, 0.3) is 0 Å². The molecule has 1 aromatic heterocycles. The van der Waals surface area contributed by atoms with Crippen LogP contribution in [0.2, 0.25) is 0 Å². The number of nitrogens with zero attached hydrogens (tertiary/aromatic N) is 1. The Labute approximate surface area is 168 Å². The fraction of sp³-hybridized carbons (Fsp3) is 0.333. The largest absolute Gasteiger partial charge is 0.481 e. The molecule has 0 aliphatic heterocycles. The van der Waals surface area contributed by atoms with Gasteiger partial charge in [-0.1, -0.05) is 0 Å². The first-order chi connectivity index (χ1) is 14.0. The summed E-state index contributed by atoms with van der Waals surface area (Å²) in [7, 11) is 0. The van der Waals surface area contributed by atoms with Gasteiger partial charge in [-0.2, -0.15) is 0 Å². The minimum atomic E-state index is -0.976. The highest BCUT2D eigenvalue weighted by Crippen LogP contribution is 2.23. The molecule has 0 unspecified atom stereocenters. The molecule has 3 N–H and O–H groups in total. The molecule has 8 heteroatoms. The van der Waals surface area contributed by atoms with E-state index in [2.05, 4.69) is 15.6 Å². The lowest BCUT2D eigenvalue weighted by atomic mass is 10.2. The van der Waals surface area contributed by atoms with Gasteiger partial charge in [0.1, 0.15) is 6.10 Å². The number of carboxylic acid groups (broad SMARTS) is 1. The standard InChI is InChI=1S/C21H23N3O5/c25-19(26)11-12-22-20(27)14-5-8-16(9-6-14)24-21(28)15-7-10-18(23-13-15)29-17-3-1-2-4-17/h5-10,13,17H,1-4,11-12H2,(H,22,27)(H,24,28)(H,25,26). The molecule has 2 aromatic rings. The molecule has 1 saturated carbocycles. The van der Waals surface area contributed by atoms with Crippen molar-refractivity contribution in [2.24, 2.45) is 0 Å². The molecule has 8 nitrogen and oxygen atoms in total. The number of hydrogen-bond acceptors (Lipinski definition) is 5. The van der Waals surface area contributed by atoms with Crippen molar-refractivity contribution in [3.63, 3.8) is 0 Å². The van der Waals surface area contributed by atoms with E-state index in [-0.39, 0.29) is 30.9 Å². The molecule has 152 valence electrons.